The molecule has 0 rings (SSSR count). The van der Waals surface area contributed by atoms with Crippen molar-refractivity contribution in [1.82, 2.24) is 4.31 Å². The summed E-state index contributed by atoms with van der Waals surface area (Å²) in [5.41, 5.74) is -0.627. The van der Waals surface area contributed by atoms with Gasteiger partial charge in [-0.25, -0.2) is 16.8 Å². The molecular weight excluding hydrogens is 310 g/mol. The Morgan fingerprint density at radius 2 is 1.33 bits per heavy atom. The van der Waals surface area contributed by atoms with Gasteiger partial charge in [0.1, 0.15) is 9.84 Å². The second-order valence-electron chi connectivity index (χ2n) is 8.19. The highest BCUT2D eigenvalue weighted by atomic mass is 32.2. The van der Waals surface area contributed by atoms with Crippen LogP contribution in [0.1, 0.15) is 48.0 Å². The zero-order valence-electron chi connectivity index (χ0n) is 14.6. The molecule has 0 fully saturated rings. The van der Waals surface area contributed by atoms with E-state index in [1.807, 2.05) is 41.5 Å². The van der Waals surface area contributed by atoms with Gasteiger partial charge in [-0.3, -0.25) is 0 Å². The minimum absolute atomic E-state index is 0.00632. The maximum absolute atomic E-state index is 12.0. The van der Waals surface area contributed by atoms with Crippen molar-refractivity contribution in [3.8, 4) is 0 Å². The van der Waals surface area contributed by atoms with Crippen molar-refractivity contribution in [3.05, 3.63) is 0 Å². The molecule has 5 nitrogen and oxygen atoms in total. The van der Waals surface area contributed by atoms with Crippen LogP contribution < -0.4 is 0 Å². The van der Waals surface area contributed by atoms with Gasteiger partial charge in [-0.1, -0.05) is 20.8 Å². The Balaban J connectivity index is 5.44. The van der Waals surface area contributed by atoms with Gasteiger partial charge in [0.2, 0.25) is 10.0 Å². The minimum atomic E-state index is -3.39. The van der Waals surface area contributed by atoms with Gasteiger partial charge in [-0.2, -0.15) is 4.31 Å². The number of hydrogen-bond acceptors (Lipinski definition) is 4. The molecule has 0 bridgehead atoms. The highest BCUT2D eigenvalue weighted by molar-refractivity contribution is 7.90. The summed E-state index contributed by atoms with van der Waals surface area (Å²) in [4.78, 5) is 0. The molecule has 0 N–H and O–H groups in total. The fraction of sp³-hybridized carbons (Fsp3) is 1.00. The maximum Gasteiger partial charge on any atom is 0.211 e. The van der Waals surface area contributed by atoms with Gasteiger partial charge in [0.05, 0.1) is 12.0 Å². The average Bonchev–Trinajstić information content (AvgIpc) is 2.04. The number of nitrogens with zero attached hydrogens (tertiary/aromatic N) is 1. The lowest BCUT2D eigenvalue weighted by Crippen LogP contribution is -2.48. The molecule has 0 aromatic heterocycles. The van der Waals surface area contributed by atoms with Crippen LogP contribution in [0, 0.1) is 11.3 Å². The number of sulfone groups is 1. The summed E-state index contributed by atoms with van der Waals surface area (Å²) in [6.07, 6.45) is 3.03. The molecule has 0 heterocycles. The highest BCUT2D eigenvalue weighted by Gasteiger charge is 2.34. The van der Waals surface area contributed by atoms with E-state index in [4.69, 9.17) is 0 Å². The lowest BCUT2D eigenvalue weighted by molar-refractivity contribution is 0.196. The molecule has 128 valence electrons. The standard InChI is InChI=1S/C14H31NO4S2/c1-13(2,3)9-12(11-20(7,16)17)10-15(14(4,5)6)21(8,18)19/h12H,9-11H2,1-8H3. The third-order valence-electron chi connectivity index (χ3n) is 3.01. The van der Waals surface area contributed by atoms with Crippen molar-refractivity contribution in [2.45, 2.75) is 53.5 Å². The fourth-order valence-electron chi connectivity index (χ4n) is 2.61. The first-order valence-corrected chi connectivity index (χ1v) is 11.0. The minimum Gasteiger partial charge on any atom is -0.229 e. The zero-order chi connectivity index (χ0) is 17.3. The summed E-state index contributed by atoms with van der Waals surface area (Å²) >= 11 is 0. The molecule has 0 aliphatic carbocycles. The summed E-state index contributed by atoms with van der Waals surface area (Å²) in [6, 6.07) is 0. The molecule has 0 aliphatic heterocycles. The Bertz CT molecular complexity index is 537. The van der Waals surface area contributed by atoms with E-state index in [2.05, 4.69) is 0 Å². The predicted octanol–water partition coefficient (Wildman–Crippen LogP) is 2.14. The van der Waals surface area contributed by atoms with Gasteiger partial charge in [-0.05, 0) is 38.5 Å². The normalized spacial score (nSPS) is 16.2. The molecule has 0 amide bonds. The topological polar surface area (TPSA) is 71.5 Å². The molecule has 0 spiro atoms. The van der Waals surface area contributed by atoms with Crippen LogP contribution in [0.3, 0.4) is 0 Å². The van der Waals surface area contributed by atoms with Gasteiger partial charge in [-0.15, -0.1) is 0 Å². The van der Waals surface area contributed by atoms with Crippen LogP contribution in [0.2, 0.25) is 0 Å². The van der Waals surface area contributed by atoms with Crippen LogP contribution in [-0.2, 0) is 19.9 Å². The van der Waals surface area contributed by atoms with Crippen LogP contribution in [0.4, 0.5) is 0 Å². The van der Waals surface area contributed by atoms with Crippen LogP contribution in [0.15, 0.2) is 0 Å². The summed E-state index contributed by atoms with van der Waals surface area (Å²) in [5.74, 6) is -0.208. The molecule has 0 aliphatic rings. The van der Waals surface area contributed by atoms with E-state index in [0.717, 1.165) is 0 Å². The van der Waals surface area contributed by atoms with E-state index >= 15 is 0 Å². The van der Waals surface area contributed by atoms with Crippen molar-refractivity contribution < 1.29 is 16.8 Å². The second-order valence-corrected chi connectivity index (χ2v) is 12.3. The molecule has 1 atom stereocenters. The Morgan fingerprint density at radius 3 is 1.57 bits per heavy atom. The smallest absolute Gasteiger partial charge is 0.211 e. The van der Waals surface area contributed by atoms with Crippen LogP contribution in [-0.4, -0.2) is 51.5 Å². The fourth-order valence-corrected chi connectivity index (χ4v) is 5.17. The molecule has 21 heavy (non-hydrogen) atoms. The van der Waals surface area contributed by atoms with Gasteiger partial charge >= 0.3 is 0 Å². The Morgan fingerprint density at radius 1 is 0.905 bits per heavy atom. The summed E-state index contributed by atoms with van der Waals surface area (Å²) in [6.45, 7) is 11.8. The van der Waals surface area contributed by atoms with Gasteiger partial charge in [0.15, 0.2) is 0 Å². The van der Waals surface area contributed by atoms with Crippen molar-refractivity contribution in [2.75, 3.05) is 24.8 Å². The van der Waals surface area contributed by atoms with E-state index in [0.29, 0.717) is 6.42 Å². The van der Waals surface area contributed by atoms with E-state index in [9.17, 15) is 16.8 Å². The summed E-state index contributed by atoms with van der Waals surface area (Å²) in [7, 11) is -6.54. The van der Waals surface area contributed by atoms with Crippen LogP contribution in [0.5, 0.6) is 0 Å². The van der Waals surface area contributed by atoms with Crippen molar-refractivity contribution in [1.29, 1.82) is 0 Å². The van der Waals surface area contributed by atoms with E-state index in [1.165, 1.54) is 16.8 Å². The monoisotopic (exact) mass is 341 g/mol. The summed E-state index contributed by atoms with van der Waals surface area (Å²) in [5, 5.41) is 0. The zero-order valence-corrected chi connectivity index (χ0v) is 16.2. The van der Waals surface area contributed by atoms with Gasteiger partial charge in [0, 0.05) is 18.3 Å². The molecule has 0 radical (unpaired) electrons. The highest BCUT2D eigenvalue weighted by Crippen LogP contribution is 2.28. The van der Waals surface area contributed by atoms with Crippen molar-refractivity contribution in [2.24, 2.45) is 11.3 Å². The number of hydrogen-bond donors (Lipinski definition) is 0. The Labute approximate surface area is 131 Å². The maximum atomic E-state index is 12.0. The first-order chi connectivity index (χ1) is 8.92. The first-order valence-electron chi connectivity index (χ1n) is 7.07. The predicted molar refractivity (Wildman–Crippen MR) is 88.6 cm³/mol. The molecular formula is C14H31NO4S2. The Kier molecular flexibility index (Phi) is 6.50. The van der Waals surface area contributed by atoms with Crippen molar-refractivity contribution >= 4 is 19.9 Å². The third kappa shape index (κ3) is 9.47. The lowest BCUT2D eigenvalue weighted by Gasteiger charge is -2.37. The van der Waals surface area contributed by atoms with Crippen molar-refractivity contribution in [3.63, 3.8) is 0 Å². The van der Waals surface area contributed by atoms with Gasteiger partial charge < -0.3 is 0 Å². The second kappa shape index (κ2) is 6.54. The average molecular weight is 342 g/mol. The molecule has 0 aromatic rings. The quantitative estimate of drug-likeness (QED) is 0.742. The summed E-state index contributed by atoms with van der Waals surface area (Å²) < 4.78 is 48.7. The first kappa shape index (κ1) is 20.9. The van der Waals surface area contributed by atoms with E-state index in [-0.39, 0.29) is 23.6 Å². The van der Waals surface area contributed by atoms with Crippen LogP contribution >= 0.6 is 0 Å². The molecule has 7 heteroatoms. The SMILES string of the molecule is CC(C)(C)CC(CN(C(C)(C)C)S(C)(=O)=O)CS(C)(=O)=O. The molecule has 0 aromatic carbocycles. The largest absolute Gasteiger partial charge is 0.229 e. The number of rotatable bonds is 6. The van der Waals surface area contributed by atoms with Gasteiger partial charge in [0.25, 0.3) is 0 Å². The van der Waals surface area contributed by atoms with E-state index < -0.39 is 25.4 Å². The molecule has 0 saturated heterocycles. The molecule has 0 saturated carbocycles. The van der Waals surface area contributed by atoms with E-state index in [1.54, 1.807) is 0 Å². The number of sulfonamides is 1. The van der Waals surface area contributed by atoms with Crippen LogP contribution in [0.25, 0.3) is 0 Å². The lowest BCUT2D eigenvalue weighted by atomic mass is 9.85. The molecule has 1 unspecified atom stereocenters. The third-order valence-corrected chi connectivity index (χ3v) is 5.59. The Hall–Kier alpha value is -0.140.